The lowest BCUT2D eigenvalue weighted by molar-refractivity contribution is -0.267. The first-order valence-electron chi connectivity index (χ1n) is 8.31. The van der Waals surface area contributed by atoms with Crippen molar-refractivity contribution in [3.63, 3.8) is 0 Å². The van der Waals surface area contributed by atoms with Gasteiger partial charge in [0.15, 0.2) is 18.7 Å². The molecule has 0 saturated carbocycles. The zero-order valence-corrected chi connectivity index (χ0v) is 14.7. The summed E-state index contributed by atoms with van der Waals surface area (Å²) in [4.78, 5) is 25.4. The number of hydrogen-bond donors (Lipinski definition) is 4. The van der Waals surface area contributed by atoms with Crippen LogP contribution in [0.5, 0.6) is 0 Å². The maximum atomic E-state index is 12.5. The second kappa shape index (κ2) is 9.15. The molecule has 11 nitrogen and oxygen atoms in total. The number of ether oxygens (including phenoxy) is 4. The molecule has 1 fully saturated rings. The standard InChI is InChI=1S/C16H23NO10/c1-3-4-11(19)17(16(23)25-7-9-6-24-8(2)26-9)12-14(21)13(20)10(5-18)27-15(12)22/h6,10,12-15,18,20-22H,2-5,7H2,1H3/t10-,12-,13-,14-,15?/m1/s1. The summed E-state index contributed by atoms with van der Waals surface area (Å²) in [6.07, 6.45) is -6.22. The quantitative estimate of drug-likeness (QED) is 0.440. The third kappa shape index (κ3) is 4.76. The summed E-state index contributed by atoms with van der Waals surface area (Å²) in [7, 11) is 0. The summed E-state index contributed by atoms with van der Waals surface area (Å²) in [5.41, 5.74) is 0. The first-order valence-corrected chi connectivity index (χ1v) is 8.31. The van der Waals surface area contributed by atoms with Crippen molar-refractivity contribution >= 4 is 12.0 Å². The Labute approximate surface area is 155 Å². The number of aliphatic hydroxyl groups excluding tert-OH is 4. The number of imide groups is 1. The van der Waals surface area contributed by atoms with E-state index in [0.29, 0.717) is 11.3 Å². The van der Waals surface area contributed by atoms with Crippen molar-refractivity contribution in [3.8, 4) is 0 Å². The van der Waals surface area contributed by atoms with E-state index in [-0.39, 0.29) is 18.1 Å². The number of nitrogens with zero attached hydrogens (tertiary/aromatic N) is 1. The van der Waals surface area contributed by atoms with E-state index in [4.69, 9.17) is 24.1 Å². The van der Waals surface area contributed by atoms with Crippen molar-refractivity contribution in [3.05, 3.63) is 24.5 Å². The molecule has 27 heavy (non-hydrogen) atoms. The van der Waals surface area contributed by atoms with Crippen molar-refractivity contribution in [1.29, 1.82) is 0 Å². The molecular weight excluding hydrogens is 366 g/mol. The minimum atomic E-state index is -1.83. The first kappa shape index (κ1) is 21.1. The van der Waals surface area contributed by atoms with Crippen molar-refractivity contribution in [2.24, 2.45) is 0 Å². The van der Waals surface area contributed by atoms with Crippen LogP contribution in [0.1, 0.15) is 19.8 Å². The summed E-state index contributed by atoms with van der Waals surface area (Å²) < 4.78 is 19.8. The van der Waals surface area contributed by atoms with E-state index in [0.717, 1.165) is 6.26 Å². The van der Waals surface area contributed by atoms with Crippen LogP contribution >= 0.6 is 0 Å². The Hall–Kier alpha value is -2.18. The Morgan fingerprint density at radius 3 is 2.56 bits per heavy atom. The SMILES string of the molecule is C=C1OC=C(COC(=O)N(C(=O)CCC)[C@H]2C(O)O[C@H](CO)[C@@H](O)[C@@H]2O)O1. The zero-order valence-electron chi connectivity index (χ0n) is 14.7. The van der Waals surface area contributed by atoms with Crippen LogP contribution in [0.4, 0.5) is 4.79 Å². The van der Waals surface area contributed by atoms with Gasteiger partial charge >= 0.3 is 6.09 Å². The van der Waals surface area contributed by atoms with Gasteiger partial charge in [0.1, 0.15) is 30.6 Å². The normalized spacial score (nSPS) is 30.2. The molecule has 2 amide bonds. The smallest absolute Gasteiger partial charge is 0.417 e. The number of carbonyl (C=O) groups excluding carboxylic acids is 2. The minimum absolute atomic E-state index is 0.00958. The highest BCUT2D eigenvalue weighted by Gasteiger charge is 2.50. The van der Waals surface area contributed by atoms with E-state index in [1.54, 1.807) is 6.92 Å². The van der Waals surface area contributed by atoms with Crippen molar-refractivity contribution in [2.45, 2.75) is 50.4 Å². The number of carbonyl (C=O) groups is 2. The fraction of sp³-hybridized carbons (Fsp3) is 0.625. The van der Waals surface area contributed by atoms with E-state index in [9.17, 15) is 24.9 Å². The van der Waals surface area contributed by atoms with Gasteiger partial charge < -0.3 is 39.4 Å². The topological polar surface area (TPSA) is 155 Å². The molecule has 2 heterocycles. The Bertz CT molecular complexity index is 606. The van der Waals surface area contributed by atoms with Crippen LogP contribution in [0.25, 0.3) is 0 Å². The Kier molecular flexibility index (Phi) is 7.16. The van der Waals surface area contributed by atoms with Gasteiger partial charge in [-0.25, -0.2) is 9.69 Å². The lowest BCUT2D eigenvalue weighted by Gasteiger charge is -2.43. The molecule has 1 saturated heterocycles. The average molecular weight is 389 g/mol. The van der Waals surface area contributed by atoms with Gasteiger partial charge in [-0.05, 0) is 13.0 Å². The summed E-state index contributed by atoms with van der Waals surface area (Å²) in [5.74, 6) is -0.631. The molecule has 0 aromatic heterocycles. The molecular formula is C16H23NO10. The van der Waals surface area contributed by atoms with E-state index >= 15 is 0 Å². The molecule has 11 heteroatoms. The van der Waals surface area contributed by atoms with Crippen molar-refractivity contribution in [2.75, 3.05) is 13.2 Å². The predicted molar refractivity (Wildman–Crippen MR) is 86.3 cm³/mol. The van der Waals surface area contributed by atoms with Gasteiger partial charge in [0.25, 0.3) is 5.95 Å². The molecule has 0 radical (unpaired) electrons. The fourth-order valence-electron chi connectivity index (χ4n) is 2.68. The molecule has 2 aliphatic rings. The van der Waals surface area contributed by atoms with Gasteiger partial charge in [0.2, 0.25) is 5.91 Å². The number of amides is 2. The van der Waals surface area contributed by atoms with E-state index < -0.39 is 55.9 Å². The Morgan fingerprint density at radius 2 is 2.00 bits per heavy atom. The molecule has 2 rings (SSSR count). The number of aliphatic hydroxyl groups is 4. The van der Waals surface area contributed by atoms with Gasteiger partial charge in [-0.15, -0.1) is 0 Å². The summed E-state index contributed by atoms with van der Waals surface area (Å²) in [5, 5.41) is 39.6. The van der Waals surface area contributed by atoms with Gasteiger partial charge in [-0.3, -0.25) is 4.79 Å². The van der Waals surface area contributed by atoms with Crippen molar-refractivity contribution < 1.29 is 49.0 Å². The third-order valence-corrected chi connectivity index (χ3v) is 4.00. The van der Waals surface area contributed by atoms with E-state index in [1.165, 1.54) is 0 Å². The fourth-order valence-corrected chi connectivity index (χ4v) is 2.68. The van der Waals surface area contributed by atoms with Gasteiger partial charge in [0, 0.05) is 6.42 Å². The highest BCUT2D eigenvalue weighted by atomic mass is 16.7. The monoisotopic (exact) mass is 389 g/mol. The maximum absolute atomic E-state index is 12.5. The molecule has 4 N–H and O–H groups in total. The number of hydrogen-bond acceptors (Lipinski definition) is 10. The van der Waals surface area contributed by atoms with Crippen LogP contribution in [0.2, 0.25) is 0 Å². The highest BCUT2D eigenvalue weighted by molar-refractivity contribution is 5.92. The predicted octanol–water partition coefficient (Wildman–Crippen LogP) is -1.09. The zero-order chi connectivity index (χ0) is 20.1. The second-order valence-electron chi connectivity index (χ2n) is 5.96. The molecule has 5 atom stereocenters. The Morgan fingerprint density at radius 1 is 1.30 bits per heavy atom. The van der Waals surface area contributed by atoms with Gasteiger partial charge in [-0.1, -0.05) is 6.92 Å². The molecule has 2 aliphatic heterocycles. The number of rotatable bonds is 6. The van der Waals surface area contributed by atoms with Crippen LogP contribution in [0, 0.1) is 0 Å². The van der Waals surface area contributed by atoms with Crippen LogP contribution in [0.15, 0.2) is 24.5 Å². The molecule has 152 valence electrons. The Balaban J connectivity index is 2.16. The summed E-state index contributed by atoms with van der Waals surface area (Å²) >= 11 is 0. The van der Waals surface area contributed by atoms with E-state index in [2.05, 4.69) is 6.58 Å². The molecule has 0 bridgehead atoms. The van der Waals surface area contributed by atoms with Crippen LogP contribution < -0.4 is 0 Å². The maximum Gasteiger partial charge on any atom is 0.417 e. The van der Waals surface area contributed by atoms with Crippen LogP contribution in [0.3, 0.4) is 0 Å². The summed E-state index contributed by atoms with van der Waals surface area (Å²) in [6.45, 7) is 4.03. The summed E-state index contributed by atoms with van der Waals surface area (Å²) in [6, 6.07) is -1.63. The van der Waals surface area contributed by atoms with E-state index in [1.807, 2.05) is 0 Å². The first-order chi connectivity index (χ1) is 12.8. The van der Waals surface area contributed by atoms with Crippen molar-refractivity contribution in [1.82, 2.24) is 4.90 Å². The molecule has 0 spiro atoms. The lowest BCUT2D eigenvalue weighted by atomic mass is 9.95. The molecule has 0 aromatic carbocycles. The molecule has 1 unspecified atom stereocenters. The average Bonchev–Trinajstić information content (AvgIpc) is 3.05. The largest absolute Gasteiger partial charge is 0.441 e. The lowest BCUT2D eigenvalue weighted by Crippen LogP contribution is -2.66. The molecule has 0 aromatic rings. The molecule has 0 aliphatic carbocycles. The third-order valence-electron chi connectivity index (χ3n) is 4.00. The minimum Gasteiger partial charge on any atom is -0.441 e. The van der Waals surface area contributed by atoms with Crippen LogP contribution in [-0.4, -0.2) is 81.2 Å². The highest BCUT2D eigenvalue weighted by Crippen LogP contribution is 2.26. The van der Waals surface area contributed by atoms with Gasteiger partial charge in [0.05, 0.1) is 6.61 Å². The van der Waals surface area contributed by atoms with Gasteiger partial charge in [-0.2, -0.15) is 0 Å². The van der Waals surface area contributed by atoms with Crippen LogP contribution in [-0.2, 0) is 23.7 Å². The second-order valence-corrected chi connectivity index (χ2v) is 5.96.